The summed E-state index contributed by atoms with van der Waals surface area (Å²) in [6.07, 6.45) is 2.37. The summed E-state index contributed by atoms with van der Waals surface area (Å²) in [7, 11) is -3.46. The molecule has 0 unspecified atom stereocenters. The van der Waals surface area contributed by atoms with Gasteiger partial charge in [-0.3, -0.25) is 4.79 Å². The summed E-state index contributed by atoms with van der Waals surface area (Å²) in [5.74, 6) is -0.264. The summed E-state index contributed by atoms with van der Waals surface area (Å²) in [5.41, 5.74) is 0. The minimum absolute atomic E-state index is 0.0286. The van der Waals surface area contributed by atoms with Gasteiger partial charge in [0, 0.05) is 24.5 Å². The number of nitrogens with zero attached hydrogens (tertiary/aromatic N) is 1. The lowest BCUT2D eigenvalue weighted by atomic mass is 9.99. The molecule has 1 aromatic heterocycles. The number of carbonyl (C=O) groups excluding carboxylic acids is 1. The third kappa shape index (κ3) is 3.84. The Balaban J connectivity index is 2.08. The van der Waals surface area contributed by atoms with Crippen molar-refractivity contribution in [1.82, 2.24) is 9.62 Å². The number of piperidine rings is 1. The molecule has 0 aliphatic carbocycles. The molecule has 1 saturated heterocycles. The van der Waals surface area contributed by atoms with Crippen molar-refractivity contribution in [2.24, 2.45) is 5.92 Å². The van der Waals surface area contributed by atoms with Crippen LogP contribution < -0.4 is 5.32 Å². The van der Waals surface area contributed by atoms with Crippen LogP contribution in [0.2, 0.25) is 0 Å². The van der Waals surface area contributed by atoms with Crippen LogP contribution in [-0.2, 0) is 14.8 Å². The van der Waals surface area contributed by atoms with E-state index in [0.717, 1.165) is 24.1 Å². The van der Waals surface area contributed by atoms with Gasteiger partial charge in [-0.2, -0.15) is 4.31 Å². The Morgan fingerprint density at radius 3 is 2.86 bits per heavy atom. The van der Waals surface area contributed by atoms with Gasteiger partial charge in [0.05, 0.1) is 5.92 Å². The molecule has 0 aromatic carbocycles. The lowest BCUT2D eigenvalue weighted by Crippen LogP contribution is -2.45. The summed E-state index contributed by atoms with van der Waals surface area (Å²) in [6.45, 7) is 5.32. The van der Waals surface area contributed by atoms with E-state index >= 15 is 0 Å². The maximum absolute atomic E-state index is 12.6. The Morgan fingerprint density at radius 1 is 1.48 bits per heavy atom. The van der Waals surface area contributed by atoms with Gasteiger partial charge in [0.2, 0.25) is 5.91 Å². The van der Waals surface area contributed by atoms with E-state index < -0.39 is 10.0 Å². The predicted molar refractivity (Wildman–Crippen MR) is 83.8 cm³/mol. The summed E-state index contributed by atoms with van der Waals surface area (Å²) >= 11 is 1.28. The molecule has 1 N–H and O–H groups in total. The molecule has 21 heavy (non-hydrogen) atoms. The molecule has 5 nitrogen and oxygen atoms in total. The number of aryl methyl sites for hydroxylation is 1. The largest absolute Gasteiger partial charge is 0.356 e. The average molecular weight is 330 g/mol. The number of carbonyl (C=O) groups is 1. The number of amides is 1. The maximum atomic E-state index is 12.6. The van der Waals surface area contributed by atoms with Crippen molar-refractivity contribution in [3.8, 4) is 0 Å². The lowest BCUT2D eigenvalue weighted by molar-refractivity contribution is -0.126. The molecule has 1 aliphatic rings. The van der Waals surface area contributed by atoms with Crippen molar-refractivity contribution >= 4 is 27.3 Å². The fraction of sp³-hybridized carbons (Fsp3) is 0.643. The van der Waals surface area contributed by atoms with Gasteiger partial charge in [-0.15, -0.1) is 11.3 Å². The maximum Gasteiger partial charge on any atom is 0.252 e. The molecule has 118 valence electrons. The second-order valence-electron chi connectivity index (χ2n) is 5.36. The molecule has 1 aliphatic heterocycles. The van der Waals surface area contributed by atoms with Crippen LogP contribution in [-0.4, -0.2) is 38.3 Å². The van der Waals surface area contributed by atoms with Crippen molar-refractivity contribution in [3.05, 3.63) is 17.0 Å². The fourth-order valence-electron chi connectivity index (χ4n) is 2.45. The third-order valence-corrected chi connectivity index (χ3v) is 6.95. The zero-order chi connectivity index (χ0) is 15.5. The quantitative estimate of drug-likeness (QED) is 0.898. The van der Waals surface area contributed by atoms with Crippen LogP contribution in [0.5, 0.6) is 0 Å². The predicted octanol–water partition coefficient (Wildman–Crippen LogP) is 1.98. The normalized spacial score (nSPS) is 20.4. The number of nitrogens with one attached hydrogen (secondary N) is 1. The zero-order valence-corrected chi connectivity index (χ0v) is 14.1. The number of thiophene rings is 1. The Kier molecular flexibility index (Phi) is 5.40. The van der Waals surface area contributed by atoms with E-state index in [9.17, 15) is 13.2 Å². The molecule has 7 heteroatoms. The highest BCUT2D eigenvalue weighted by Gasteiger charge is 2.33. The zero-order valence-electron chi connectivity index (χ0n) is 12.5. The molecular formula is C14H22N2O3S2. The van der Waals surface area contributed by atoms with Gasteiger partial charge >= 0.3 is 0 Å². The second kappa shape index (κ2) is 6.89. The van der Waals surface area contributed by atoms with E-state index in [1.807, 2.05) is 19.9 Å². The molecule has 0 spiro atoms. The smallest absolute Gasteiger partial charge is 0.252 e. The first kappa shape index (κ1) is 16.5. The van der Waals surface area contributed by atoms with Gasteiger partial charge in [-0.25, -0.2) is 8.42 Å². The summed E-state index contributed by atoms with van der Waals surface area (Å²) in [6, 6.07) is 3.46. The first-order chi connectivity index (χ1) is 9.95. The standard InChI is InChI=1S/C14H22N2O3S2/c1-3-8-15-14(17)12-5-4-9-16(10-12)21(18,19)13-7-6-11(2)20-13/h6-7,12H,3-5,8-10H2,1-2H3,(H,15,17)/t12-/m0/s1. The van der Waals surface area contributed by atoms with Crippen LogP contribution >= 0.6 is 11.3 Å². The molecule has 1 fully saturated rings. The van der Waals surface area contributed by atoms with Crippen molar-refractivity contribution in [3.63, 3.8) is 0 Å². The van der Waals surface area contributed by atoms with E-state index in [1.54, 1.807) is 6.07 Å². The summed E-state index contributed by atoms with van der Waals surface area (Å²) in [4.78, 5) is 13.0. The Morgan fingerprint density at radius 2 is 2.24 bits per heavy atom. The van der Waals surface area contributed by atoms with E-state index in [-0.39, 0.29) is 18.4 Å². The number of sulfonamides is 1. The molecule has 1 atom stereocenters. The van der Waals surface area contributed by atoms with Crippen LogP contribution in [0.4, 0.5) is 0 Å². The average Bonchev–Trinajstić information content (AvgIpc) is 2.92. The molecule has 1 aromatic rings. The number of hydrogen-bond acceptors (Lipinski definition) is 4. The molecular weight excluding hydrogens is 308 g/mol. The molecule has 0 saturated carbocycles. The topological polar surface area (TPSA) is 66.5 Å². The fourth-order valence-corrected chi connectivity index (χ4v) is 5.41. The second-order valence-corrected chi connectivity index (χ2v) is 8.81. The highest BCUT2D eigenvalue weighted by molar-refractivity contribution is 7.91. The SMILES string of the molecule is CCCNC(=O)[C@H]1CCCN(S(=O)(=O)c2ccc(C)s2)C1. The highest BCUT2D eigenvalue weighted by atomic mass is 32.2. The minimum Gasteiger partial charge on any atom is -0.356 e. The molecule has 0 bridgehead atoms. The molecule has 0 radical (unpaired) electrons. The minimum atomic E-state index is -3.46. The van der Waals surface area contributed by atoms with Gasteiger partial charge in [-0.05, 0) is 38.3 Å². The van der Waals surface area contributed by atoms with Crippen LogP contribution in [0.3, 0.4) is 0 Å². The van der Waals surface area contributed by atoms with Crippen LogP contribution in [0.25, 0.3) is 0 Å². The molecule has 2 heterocycles. The van der Waals surface area contributed by atoms with E-state index in [2.05, 4.69) is 5.32 Å². The summed E-state index contributed by atoms with van der Waals surface area (Å²) in [5, 5.41) is 2.86. The number of hydrogen-bond donors (Lipinski definition) is 1. The van der Waals surface area contributed by atoms with Crippen molar-refractivity contribution in [2.45, 2.75) is 37.3 Å². The van der Waals surface area contributed by atoms with Crippen molar-refractivity contribution < 1.29 is 13.2 Å². The Hall–Kier alpha value is -0.920. The Labute approximate surface area is 130 Å². The van der Waals surface area contributed by atoms with Crippen LogP contribution in [0.15, 0.2) is 16.3 Å². The molecule has 2 rings (SSSR count). The van der Waals surface area contributed by atoms with E-state index in [1.165, 1.54) is 15.6 Å². The molecule has 1 amide bonds. The third-order valence-electron chi connectivity index (χ3n) is 3.61. The van der Waals surface area contributed by atoms with Crippen molar-refractivity contribution in [2.75, 3.05) is 19.6 Å². The van der Waals surface area contributed by atoms with Gasteiger partial charge in [0.1, 0.15) is 4.21 Å². The highest BCUT2D eigenvalue weighted by Crippen LogP contribution is 2.28. The first-order valence-electron chi connectivity index (χ1n) is 7.29. The Bertz CT molecular complexity index is 595. The van der Waals surface area contributed by atoms with Gasteiger partial charge in [0.25, 0.3) is 10.0 Å². The summed E-state index contributed by atoms with van der Waals surface area (Å²) < 4.78 is 27.0. The van der Waals surface area contributed by atoms with Gasteiger partial charge in [-0.1, -0.05) is 6.92 Å². The number of rotatable bonds is 5. The van der Waals surface area contributed by atoms with Gasteiger partial charge < -0.3 is 5.32 Å². The van der Waals surface area contributed by atoms with Gasteiger partial charge in [0.15, 0.2) is 0 Å². The van der Waals surface area contributed by atoms with E-state index in [0.29, 0.717) is 17.3 Å². The first-order valence-corrected chi connectivity index (χ1v) is 9.55. The lowest BCUT2D eigenvalue weighted by Gasteiger charge is -2.30. The van der Waals surface area contributed by atoms with Crippen LogP contribution in [0, 0.1) is 12.8 Å². The van der Waals surface area contributed by atoms with E-state index in [4.69, 9.17) is 0 Å². The monoisotopic (exact) mass is 330 g/mol. The van der Waals surface area contributed by atoms with Crippen molar-refractivity contribution in [1.29, 1.82) is 0 Å². The van der Waals surface area contributed by atoms with Crippen LogP contribution in [0.1, 0.15) is 31.1 Å².